The van der Waals surface area contributed by atoms with E-state index in [9.17, 15) is 8.42 Å². The number of aliphatic hydroxyl groups excluding tert-OH is 1. The first-order chi connectivity index (χ1) is 7.59. The van der Waals surface area contributed by atoms with E-state index in [-0.39, 0.29) is 24.0 Å². The Kier molecular flexibility index (Phi) is 3.30. The van der Waals surface area contributed by atoms with Gasteiger partial charge in [-0.1, -0.05) is 0 Å². The highest BCUT2D eigenvalue weighted by Gasteiger charge is 2.28. The van der Waals surface area contributed by atoms with E-state index in [2.05, 4.69) is 4.98 Å². The van der Waals surface area contributed by atoms with E-state index >= 15 is 0 Å². The molecule has 16 heavy (non-hydrogen) atoms. The fraction of sp³-hybridized carbons (Fsp3) is 0.700. The maximum Gasteiger partial charge on any atom is 0.194 e. The Morgan fingerprint density at radius 2 is 2.38 bits per heavy atom. The lowest BCUT2D eigenvalue weighted by Crippen LogP contribution is -2.07. The summed E-state index contributed by atoms with van der Waals surface area (Å²) in [5.41, 5.74) is 0.721. The third kappa shape index (κ3) is 2.82. The van der Waals surface area contributed by atoms with Crippen LogP contribution in [0.15, 0.2) is 10.7 Å². The number of oxazole rings is 1. The van der Waals surface area contributed by atoms with Gasteiger partial charge in [0.1, 0.15) is 6.26 Å². The Balaban J connectivity index is 1.94. The molecular weight excluding hydrogens is 230 g/mol. The van der Waals surface area contributed by atoms with Crippen molar-refractivity contribution in [3.63, 3.8) is 0 Å². The Morgan fingerprint density at radius 1 is 1.56 bits per heavy atom. The zero-order valence-corrected chi connectivity index (χ0v) is 9.74. The third-order valence-electron chi connectivity index (χ3n) is 2.76. The van der Waals surface area contributed by atoms with Crippen molar-refractivity contribution in [1.82, 2.24) is 4.98 Å². The molecule has 0 bridgehead atoms. The lowest BCUT2D eigenvalue weighted by Gasteiger charge is -2.02. The van der Waals surface area contributed by atoms with Gasteiger partial charge in [-0.3, -0.25) is 0 Å². The van der Waals surface area contributed by atoms with Gasteiger partial charge in [0.2, 0.25) is 0 Å². The molecule has 1 fully saturated rings. The molecule has 0 aliphatic carbocycles. The van der Waals surface area contributed by atoms with Gasteiger partial charge >= 0.3 is 0 Å². The van der Waals surface area contributed by atoms with E-state index < -0.39 is 9.84 Å². The van der Waals surface area contributed by atoms with Gasteiger partial charge in [-0.2, -0.15) is 0 Å². The van der Waals surface area contributed by atoms with Crippen LogP contribution in [0.1, 0.15) is 18.0 Å². The quantitative estimate of drug-likeness (QED) is 0.818. The molecule has 1 aliphatic heterocycles. The summed E-state index contributed by atoms with van der Waals surface area (Å²) in [5.74, 6) is 1.23. The molecule has 2 rings (SSSR count). The molecule has 0 saturated carbocycles. The van der Waals surface area contributed by atoms with Crippen LogP contribution in [-0.4, -0.2) is 36.6 Å². The van der Waals surface area contributed by atoms with E-state index in [1.165, 1.54) is 6.26 Å². The second-order valence-corrected chi connectivity index (χ2v) is 6.41. The van der Waals surface area contributed by atoms with Crippen molar-refractivity contribution in [3.8, 4) is 0 Å². The summed E-state index contributed by atoms with van der Waals surface area (Å²) >= 11 is 0. The molecule has 1 atom stereocenters. The third-order valence-corrected chi connectivity index (χ3v) is 4.59. The Bertz CT molecular complexity index is 451. The normalized spacial score (nSPS) is 23.7. The molecule has 0 spiro atoms. The smallest absolute Gasteiger partial charge is 0.194 e. The summed E-state index contributed by atoms with van der Waals surface area (Å²) in [7, 11) is -2.83. The number of hydrogen-bond donors (Lipinski definition) is 1. The highest BCUT2D eigenvalue weighted by Crippen LogP contribution is 2.22. The van der Waals surface area contributed by atoms with Crippen LogP contribution in [-0.2, 0) is 22.7 Å². The molecule has 5 nitrogen and oxygen atoms in total. The van der Waals surface area contributed by atoms with E-state index in [1.54, 1.807) is 0 Å². The average Bonchev–Trinajstić information content (AvgIpc) is 2.75. The highest BCUT2D eigenvalue weighted by atomic mass is 32.2. The van der Waals surface area contributed by atoms with Crippen molar-refractivity contribution >= 4 is 9.84 Å². The molecule has 6 heteroatoms. The first-order valence-electron chi connectivity index (χ1n) is 5.33. The molecule has 1 unspecified atom stereocenters. The maximum atomic E-state index is 11.3. The van der Waals surface area contributed by atoms with Crippen molar-refractivity contribution in [2.24, 2.45) is 5.92 Å². The predicted molar refractivity (Wildman–Crippen MR) is 57.8 cm³/mol. The molecule has 1 aliphatic rings. The molecule has 90 valence electrons. The second-order valence-electron chi connectivity index (χ2n) is 4.18. The Hall–Kier alpha value is -0.880. The number of nitrogens with zero attached hydrogens (tertiary/aromatic N) is 1. The van der Waals surface area contributed by atoms with E-state index in [0.717, 1.165) is 5.69 Å². The summed E-state index contributed by atoms with van der Waals surface area (Å²) in [4.78, 5) is 4.19. The van der Waals surface area contributed by atoms with Gasteiger partial charge in [-0.15, -0.1) is 0 Å². The summed E-state index contributed by atoms with van der Waals surface area (Å²) in [6.45, 7) is 0.0454. The topological polar surface area (TPSA) is 80.4 Å². The van der Waals surface area contributed by atoms with Crippen molar-refractivity contribution in [1.29, 1.82) is 0 Å². The summed E-state index contributed by atoms with van der Waals surface area (Å²) in [6.07, 6.45) is 3.27. The average molecular weight is 245 g/mol. The molecule has 1 N–H and O–H groups in total. The van der Waals surface area contributed by atoms with Crippen LogP contribution in [0.5, 0.6) is 0 Å². The monoisotopic (exact) mass is 245 g/mol. The predicted octanol–water partition coefficient (Wildman–Crippen LogP) is 0.187. The lowest BCUT2D eigenvalue weighted by atomic mass is 10.1. The molecule has 1 aromatic heterocycles. The number of aromatic nitrogens is 1. The van der Waals surface area contributed by atoms with E-state index in [4.69, 9.17) is 9.52 Å². The molecule has 1 aromatic rings. The minimum absolute atomic E-state index is 0.0454. The van der Waals surface area contributed by atoms with Crippen molar-refractivity contribution in [3.05, 3.63) is 17.8 Å². The van der Waals surface area contributed by atoms with Crippen LogP contribution in [0, 0.1) is 5.92 Å². The first-order valence-corrected chi connectivity index (χ1v) is 7.16. The van der Waals surface area contributed by atoms with Gasteiger partial charge in [0.25, 0.3) is 0 Å². The van der Waals surface area contributed by atoms with Gasteiger partial charge in [-0.25, -0.2) is 13.4 Å². The maximum absolute atomic E-state index is 11.3. The second kappa shape index (κ2) is 4.55. The van der Waals surface area contributed by atoms with Crippen molar-refractivity contribution in [2.45, 2.75) is 19.3 Å². The number of aliphatic hydroxyl groups is 1. The minimum Gasteiger partial charge on any atom is -0.449 e. The lowest BCUT2D eigenvalue weighted by molar-refractivity contribution is 0.298. The molecule has 0 radical (unpaired) electrons. The molecule has 0 amide bonds. The molecular formula is C10H15NO4S. The zero-order chi connectivity index (χ0) is 11.6. The largest absolute Gasteiger partial charge is 0.449 e. The highest BCUT2D eigenvalue weighted by molar-refractivity contribution is 7.91. The van der Waals surface area contributed by atoms with Gasteiger partial charge in [-0.05, 0) is 12.3 Å². The zero-order valence-electron chi connectivity index (χ0n) is 8.92. The fourth-order valence-corrected chi connectivity index (χ4v) is 3.81. The van der Waals surface area contributed by atoms with Crippen LogP contribution in [0.4, 0.5) is 0 Å². The minimum atomic E-state index is -2.83. The molecule has 2 heterocycles. The van der Waals surface area contributed by atoms with Crippen LogP contribution in [0.25, 0.3) is 0 Å². The SMILES string of the molecule is O=S1(=O)CCC(Cc2nc(CCO)co2)C1. The van der Waals surface area contributed by atoms with Gasteiger partial charge < -0.3 is 9.52 Å². The van der Waals surface area contributed by atoms with E-state index in [0.29, 0.717) is 25.2 Å². The van der Waals surface area contributed by atoms with Crippen LogP contribution < -0.4 is 0 Å². The Morgan fingerprint density at radius 3 is 3.00 bits per heavy atom. The summed E-state index contributed by atoms with van der Waals surface area (Å²) in [6, 6.07) is 0. The van der Waals surface area contributed by atoms with Gasteiger partial charge in [0.05, 0.1) is 17.2 Å². The fourth-order valence-electron chi connectivity index (χ4n) is 1.95. The summed E-state index contributed by atoms with van der Waals surface area (Å²) in [5, 5.41) is 8.72. The number of hydrogen-bond acceptors (Lipinski definition) is 5. The Labute approximate surface area is 94.4 Å². The van der Waals surface area contributed by atoms with Gasteiger partial charge in [0.15, 0.2) is 15.7 Å². The van der Waals surface area contributed by atoms with Gasteiger partial charge in [0, 0.05) is 19.4 Å². The summed E-state index contributed by atoms with van der Waals surface area (Å²) < 4.78 is 27.7. The molecule has 1 saturated heterocycles. The van der Waals surface area contributed by atoms with Crippen molar-refractivity contribution in [2.75, 3.05) is 18.1 Å². The number of sulfone groups is 1. The van der Waals surface area contributed by atoms with Crippen LogP contribution in [0.2, 0.25) is 0 Å². The first kappa shape index (κ1) is 11.6. The molecule has 0 aromatic carbocycles. The van der Waals surface area contributed by atoms with Crippen LogP contribution >= 0.6 is 0 Å². The number of rotatable bonds is 4. The van der Waals surface area contributed by atoms with Crippen LogP contribution in [0.3, 0.4) is 0 Å². The van der Waals surface area contributed by atoms with Crippen molar-refractivity contribution < 1.29 is 17.9 Å². The standard InChI is InChI=1S/C10H15NO4S/c12-3-1-9-6-15-10(11-9)5-8-2-4-16(13,14)7-8/h6,8,12H,1-5,7H2. The van der Waals surface area contributed by atoms with E-state index in [1.807, 2.05) is 0 Å².